The van der Waals surface area contributed by atoms with Crippen LogP contribution in [-0.4, -0.2) is 12.1 Å². The number of anilines is 1. The van der Waals surface area contributed by atoms with Gasteiger partial charge in [0.05, 0.1) is 11.6 Å². The topological polar surface area (TPSA) is 52.9 Å². The van der Waals surface area contributed by atoms with E-state index in [1.165, 1.54) is 18.2 Å². The number of carbonyl (C=O) groups is 1. The summed E-state index contributed by atoms with van der Waals surface area (Å²) in [4.78, 5) is 11.5. The molecule has 0 saturated heterocycles. The lowest BCUT2D eigenvalue weighted by atomic mass is 10.1. The Balaban J connectivity index is 2.03. The number of hydrogen-bond donors (Lipinski definition) is 1. The van der Waals surface area contributed by atoms with E-state index in [9.17, 15) is 23.2 Å². The zero-order valence-electron chi connectivity index (χ0n) is 15.1. The zero-order valence-corrected chi connectivity index (χ0v) is 16.0. The first-order chi connectivity index (χ1) is 13.9. The highest BCUT2D eigenvalue weighted by atomic mass is 31.1. The number of nitriles is 1. The highest BCUT2D eigenvalue weighted by molar-refractivity contribution is 7.72. The molecule has 3 aromatic rings. The Bertz CT molecular complexity index is 992. The summed E-state index contributed by atoms with van der Waals surface area (Å²) in [6.07, 6.45) is -4.61. The summed E-state index contributed by atoms with van der Waals surface area (Å²) in [5.74, 6) is -2.03. The highest BCUT2D eigenvalue weighted by Crippen LogP contribution is 2.40. The largest absolute Gasteiger partial charge is 0.471 e. The molecule has 0 aliphatic heterocycles. The lowest BCUT2D eigenvalue weighted by Gasteiger charge is -2.21. The maximum absolute atomic E-state index is 12.7. The van der Waals surface area contributed by atoms with E-state index in [-0.39, 0.29) is 5.69 Å². The molecule has 0 saturated carbocycles. The van der Waals surface area contributed by atoms with Crippen LogP contribution in [-0.2, 0) is 11.0 Å². The van der Waals surface area contributed by atoms with Crippen molar-refractivity contribution in [1.82, 2.24) is 0 Å². The van der Waals surface area contributed by atoms with Crippen molar-refractivity contribution in [3.05, 3.63) is 90.0 Å². The van der Waals surface area contributed by atoms with Crippen LogP contribution in [0.4, 0.5) is 18.9 Å². The Hall–Kier alpha value is -3.16. The molecule has 1 N–H and O–H groups in total. The molecule has 0 aliphatic rings. The van der Waals surface area contributed by atoms with E-state index in [0.29, 0.717) is 17.3 Å². The average Bonchev–Trinajstić information content (AvgIpc) is 2.73. The molecule has 29 heavy (non-hydrogen) atoms. The first-order valence-corrected chi connectivity index (χ1v) is 10.2. The molecular formula is C22H16F3N2OP. The van der Waals surface area contributed by atoms with E-state index in [1.54, 1.807) is 0 Å². The molecule has 7 heteroatoms. The van der Waals surface area contributed by atoms with Crippen LogP contribution in [0, 0.1) is 11.3 Å². The van der Waals surface area contributed by atoms with Crippen LogP contribution in [0.15, 0.2) is 78.9 Å². The number of halogens is 3. The Morgan fingerprint density at radius 2 is 1.48 bits per heavy atom. The van der Waals surface area contributed by atoms with Crippen LogP contribution in [0.5, 0.6) is 0 Å². The number of hydrogen-bond acceptors (Lipinski definition) is 2. The third kappa shape index (κ3) is 5.22. The SMILES string of the molecule is N#Cc1ccc(NC(=O)C(F)(F)F)c(CP(c2ccccc2)c2ccccc2)c1. The molecule has 146 valence electrons. The Kier molecular flexibility index (Phi) is 6.31. The van der Waals surface area contributed by atoms with E-state index in [2.05, 4.69) is 0 Å². The summed E-state index contributed by atoms with van der Waals surface area (Å²) < 4.78 is 38.2. The van der Waals surface area contributed by atoms with E-state index < -0.39 is 20.0 Å². The smallest absolute Gasteiger partial charge is 0.318 e. The minimum absolute atomic E-state index is 0.0608. The van der Waals surface area contributed by atoms with Gasteiger partial charge in [-0.1, -0.05) is 60.7 Å². The lowest BCUT2D eigenvalue weighted by Crippen LogP contribution is -2.30. The van der Waals surface area contributed by atoms with Gasteiger partial charge < -0.3 is 5.32 Å². The predicted octanol–water partition coefficient (Wildman–Crippen LogP) is 4.69. The number of nitrogens with one attached hydrogen (secondary N) is 1. The van der Waals surface area contributed by atoms with Crippen molar-refractivity contribution < 1.29 is 18.0 Å². The quantitative estimate of drug-likeness (QED) is 0.618. The van der Waals surface area contributed by atoms with E-state index in [1.807, 2.05) is 72.0 Å². The summed E-state index contributed by atoms with van der Waals surface area (Å²) in [5, 5.41) is 13.3. The van der Waals surface area contributed by atoms with E-state index in [4.69, 9.17) is 0 Å². The lowest BCUT2D eigenvalue weighted by molar-refractivity contribution is -0.167. The molecule has 3 aromatic carbocycles. The van der Waals surface area contributed by atoms with Gasteiger partial charge in [-0.15, -0.1) is 0 Å². The van der Waals surface area contributed by atoms with Gasteiger partial charge in [-0.2, -0.15) is 18.4 Å². The van der Waals surface area contributed by atoms with Crippen molar-refractivity contribution in [3.8, 4) is 6.07 Å². The molecule has 1 amide bonds. The normalized spacial score (nSPS) is 11.1. The Labute approximate surface area is 167 Å². The fourth-order valence-corrected chi connectivity index (χ4v) is 5.16. The highest BCUT2D eigenvalue weighted by Gasteiger charge is 2.39. The second-order valence-electron chi connectivity index (χ2n) is 6.19. The van der Waals surface area contributed by atoms with Crippen molar-refractivity contribution in [2.24, 2.45) is 0 Å². The van der Waals surface area contributed by atoms with Gasteiger partial charge in [0.1, 0.15) is 0 Å². The fourth-order valence-electron chi connectivity index (χ4n) is 2.83. The van der Waals surface area contributed by atoms with E-state index in [0.717, 1.165) is 10.6 Å². The van der Waals surface area contributed by atoms with E-state index >= 15 is 0 Å². The number of rotatable bonds is 5. The van der Waals surface area contributed by atoms with Crippen molar-refractivity contribution >= 4 is 30.1 Å². The number of carbonyl (C=O) groups excluding carboxylic acids is 1. The van der Waals surface area contributed by atoms with Crippen LogP contribution in [0.1, 0.15) is 11.1 Å². The van der Waals surface area contributed by atoms with Crippen LogP contribution in [0.3, 0.4) is 0 Å². The summed E-state index contributed by atoms with van der Waals surface area (Å²) in [6.45, 7) is 0. The molecule has 0 atom stereocenters. The molecule has 0 unspecified atom stereocenters. The summed E-state index contributed by atoms with van der Waals surface area (Å²) in [6, 6.07) is 25.6. The molecule has 0 radical (unpaired) electrons. The Morgan fingerprint density at radius 3 is 1.97 bits per heavy atom. The number of nitrogens with zero attached hydrogens (tertiary/aromatic N) is 1. The van der Waals surface area contributed by atoms with Crippen molar-refractivity contribution in [2.75, 3.05) is 5.32 Å². The van der Waals surface area contributed by atoms with Gasteiger partial charge >= 0.3 is 12.1 Å². The van der Waals surface area contributed by atoms with Gasteiger partial charge in [0, 0.05) is 11.8 Å². The monoisotopic (exact) mass is 412 g/mol. The van der Waals surface area contributed by atoms with Crippen LogP contribution in [0.2, 0.25) is 0 Å². The van der Waals surface area contributed by atoms with Gasteiger partial charge in [-0.05, 0) is 42.3 Å². The van der Waals surface area contributed by atoms with Gasteiger partial charge in [0.25, 0.3) is 0 Å². The van der Waals surface area contributed by atoms with Gasteiger partial charge in [0.2, 0.25) is 0 Å². The second kappa shape index (κ2) is 8.89. The zero-order chi connectivity index (χ0) is 20.9. The van der Waals surface area contributed by atoms with Crippen molar-refractivity contribution in [3.63, 3.8) is 0 Å². The van der Waals surface area contributed by atoms with Crippen LogP contribution >= 0.6 is 7.92 Å². The molecule has 3 rings (SSSR count). The number of alkyl halides is 3. The predicted molar refractivity (Wildman–Crippen MR) is 109 cm³/mol. The molecule has 0 fully saturated rings. The van der Waals surface area contributed by atoms with Gasteiger partial charge in [0.15, 0.2) is 0 Å². The number of benzene rings is 3. The maximum atomic E-state index is 12.7. The third-order valence-electron chi connectivity index (χ3n) is 4.20. The van der Waals surface area contributed by atoms with Crippen molar-refractivity contribution in [2.45, 2.75) is 12.3 Å². The van der Waals surface area contributed by atoms with Crippen LogP contribution < -0.4 is 15.9 Å². The standard InChI is InChI=1S/C22H16F3N2OP/c23-22(24,25)21(28)27-20-12-11-16(14-26)13-17(20)15-29(18-7-3-1-4-8-18)19-9-5-2-6-10-19/h1-13H,15H2,(H,27,28). The first kappa shape index (κ1) is 20.6. The molecule has 0 aromatic heterocycles. The average molecular weight is 412 g/mol. The molecule has 0 heterocycles. The summed E-state index contributed by atoms with van der Waals surface area (Å²) in [5.41, 5.74) is 0.868. The minimum atomic E-state index is -4.99. The summed E-state index contributed by atoms with van der Waals surface area (Å²) >= 11 is 0. The number of amides is 1. The maximum Gasteiger partial charge on any atom is 0.471 e. The second-order valence-corrected chi connectivity index (χ2v) is 8.40. The van der Waals surface area contributed by atoms with Gasteiger partial charge in [-0.3, -0.25) is 4.79 Å². The molecule has 0 bridgehead atoms. The molecule has 3 nitrogen and oxygen atoms in total. The third-order valence-corrected chi connectivity index (χ3v) is 6.70. The summed E-state index contributed by atoms with van der Waals surface area (Å²) in [7, 11) is -0.956. The molecule has 0 aliphatic carbocycles. The fraction of sp³-hybridized carbons (Fsp3) is 0.0909. The first-order valence-electron chi connectivity index (χ1n) is 8.67. The Morgan fingerprint density at radius 1 is 0.931 bits per heavy atom. The minimum Gasteiger partial charge on any atom is -0.318 e. The van der Waals surface area contributed by atoms with Gasteiger partial charge in [-0.25, -0.2) is 0 Å². The molecular weight excluding hydrogens is 396 g/mol. The van der Waals surface area contributed by atoms with Crippen molar-refractivity contribution in [1.29, 1.82) is 5.26 Å². The molecule has 0 spiro atoms. The van der Waals surface area contributed by atoms with Crippen LogP contribution in [0.25, 0.3) is 0 Å².